The van der Waals surface area contributed by atoms with Crippen LogP contribution in [0.25, 0.3) is 0 Å². The van der Waals surface area contributed by atoms with Crippen LogP contribution in [0.5, 0.6) is 0 Å². The van der Waals surface area contributed by atoms with Crippen LogP contribution in [0.3, 0.4) is 0 Å². The zero-order chi connectivity index (χ0) is 11.4. The quantitative estimate of drug-likeness (QED) is 0.294. The van der Waals surface area contributed by atoms with Crippen molar-refractivity contribution in [1.82, 2.24) is 0 Å². The van der Waals surface area contributed by atoms with E-state index in [2.05, 4.69) is 31.6 Å². The van der Waals surface area contributed by atoms with Gasteiger partial charge >= 0.3 is 104 Å². The first-order valence-corrected chi connectivity index (χ1v) is 6.58. The summed E-state index contributed by atoms with van der Waals surface area (Å²) in [6, 6.07) is 0. The molecule has 0 atom stereocenters. The van der Waals surface area contributed by atoms with Gasteiger partial charge in [0.2, 0.25) is 0 Å². The van der Waals surface area contributed by atoms with Crippen molar-refractivity contribution < 1.29 is 9.47 Å². The van der Waals surface area contributed by atoms with Crippen molar-refractivity contribution in [2.24, 2.45) is 0 Å². The minimum atomic E-state index is 0.0433. The molecule has 15 heavy (non-hydrogen) atoms. The molecule has 0 aromatic heterocycles. The fourth-order valence-electron chi connectivity index (χ4n) is 1.45. The summed E-state index contributed by atoms with van der Waals surface area (Å²) >= 11 is 2.23. The molecular weight excluding hydrogens is 183 g/mol. The Labute approximate surface area is 104 Å². The van der Waals surface area contributed by atoms with Crippen molar-refractivity contribution in [2.45, 2.75) is 63.8 Å². The van der Waals surface area contributed by atoms with Crippen LogP contribution in [0, 0.1) is 0 Å². The van der Waals surface area contributed by atoms with Crippen molar-refractivity contribution in [3.8, 4) is 0 Å². The standard InChI is InChI=1S/C12H25O2.Li/c1-4-7-8-9-12(13-10-5-2)14-11-6-3;/h12H,1,4-11H2,2-3H3;. The molecule has 0 N–H and O–H groups in total. The zero-order valence-corrected chi connectivity index (χ0v) is 10.8. The molecule has 2 nitrogen and oxygen atoms in total. The van der Waals surface area contributed by atoms with E-state index < -0.39 is 0 Å². The van der Waals surface area contributed by atoms with Crippen molar-refractivity contribution in [2.75, 3.05) is 13.2 Å². The maximum atomic E-state index is 5.65. The van der Waals surface area contributed by atoms with E-state index in [0.29, 0.717) is 0 Å². The molecule has 3 heteroatoms. The van der Waals surface area contributed by atoms with Gasteiger partial charge in [-0.25, -0.2) is 0 Å². The molecule has 0 unspecified atom stereocenters. The van der Waals surface area contributed by atoms with E-state index >= 15 is 0 Å². The SMILES string of the molecule is [Li][CH2]CCCCC(OCCC)OCCC. The summed E-state index contributed by atoms with van der Waals surface area (Å²) < 4.78 is 11.3. The summed E-state index contributed by atoms with van der Waals surface area (Å²) in [7, 11) is 0. The Bertz CT molecular complexity index is 112. The van der Waals surface area contributed by atoms with E-state index in [4.69, 9.17) is 9.47 Å². The summed E-state index contributed by atoms with van der Waals surface area (Å²) in [6.45, 7) is 5.91. The molecule has 0 saturated heterocycles. The van der Waals surface area contributed by atoms with Crippen molar-refractivity contribution >= 4 is 17.7 Å². The molecule has 0 saturated carbocycles. The van der Waals surface area contributed by atoms with Crippen molar-refractivity contribution in [3.63, 3.8) is 0 Å². The maximum absolute atomic E-state index is 5.65. The van der Waals surface area contributed by atoms with Crippen LogP contribution >= 0.6 is 0 Å². The number of unbranched alkanes of at least 4 members (excludes halogenated alkanes) is 2. The number of ether oxygens (including phenoxy) is 2. The Morgan fingerprint density at radius 3 is 2.00 bits per heavy atom. The van der Waals surface area contributed by atoms with Crippen LogP contribution in [0.1, 0.15) is 52.4 Å². The molecule has 0 aliphatic heterocycles. The molecule has 0 heterocycles. The van der Waals surface area contributed by atoms with E-state index in [1.54, 1.807) is 0 Å². The van der Waals surface area contributed by atoms with E-state index in [1.807, 2.05) is 0 Å². The van der Waals surface area contributed by atoms with Gasteiger partial charge in [-0.3, -0.25) is 0 Å². The third-order valence-corrected chi connectivity index (χ3v) is 2.31. The third kappa shape index (κ3) is 10.8. The van der Waals surface area contributed by atoms with Gasteiger partial charge < -0.3 is 0 Å². The average Bonchev–Trinajstić information content (AvgIpc) is 2.27. The van der Waals surface area contributed by atoms with Crippen LogP contribution in [-0.2, 0) is 9.47 Å². The Hall–Kier alpha value is 0.517. The predicted molar refractivity (Wildman–Crippen MR) is 65.3 cm³/mol. The van der Waals surface area contributed by atoms with E-state index in [9.17, 15) is 0 Å². The van der Waals surface area contributed by atoms with Gasteiger partial charge in [0.1, 0.15) is 0 Å². The Morgan fingerprint density at radius 2 is 1.53 bits per heavy atom. The number of hydrogen-bond donors (Lipinski definition) is 0. The first kappa shape index (κ1) is 15.5. The first-order chi connectivity index (χ1) is 7.35. The second-order valence-corrected chi connectivity index (χ2v) is 4.02. The second kappa shape index (κ2) is 12.6. The van der Waals surface area contributed by atoms with Gasteiger partial charge in [0, 0.05) is 0 Å². The molecular formula is C12H25LiO2. The van der Waals surface area contributed by atoms with Crippen LogP contribution < -0.4 is 0 Å². The van der Waals surface area contributed by atoms with Gasteiger partial charge in [-0.1, -0.05) is 0 Å². The van der Waals surface area contributed by atoms with Gasteiger partial charge in [-0.2, -0.15) is 0 Å². The molecule has 0 aromatic carbocycles. The van der Waals surface area contributed by atoms with E-state index in [-0.39, 0.29) is 6.29 Å². The van der Waals surface area contributed by atoms with Gasteiger partial charge in [0.05, 0.1) is 0 Å². The zero-order valence-electron chi connectivity index (χ0n) is 10.8. The monoisotopic (exact) mass is 208 g/mol. The third-order valence-electron chi connectivity index (χ3n) is 2.31. The summed E-state index contributed by atoms with van der Waals surface area (Å²) in [6.07, 6.45) is 7.10. The van der Waals surface area contributed by atoms with Crippen LogP contribution in [-0.4, -0.2) is 37.2 Å². The molecule has 0 bridgehead atoms. The van der Waals surface area contributed by atoms with Gasteiger partial charge in [0.25, 0.3) is 0 Å². The normalized spacial score (nSPS) is 11.3. The summed E-state index contributed by atoms with van der Waals surface area (Å²) in [5.41, 5.74) is 0. The number of hydrogen-bond acceptors (Lipinski definition) is 2. The molecule has 0 spiro atoms. The molecule has 0 aliphatic rings. The molecule has 0 aromatic rings. The predicted octanol–water partition coefficient (Wildman–Crippen LogP) is 3.31. The van der Waals surface area contributed by atoms with Gasteiger partial charge in [0.15, 0.2) is 0 Å². The summed E-state index contributed by atoms with van der Waals surface area (Å²) in [5.74, 6) is 0. The molecule has 0 rings (SSSR count). The Balaban J connectivity index is 3.49. The first-order valence-electron chi connectivity index (χ1n) is 6.58. The van der Waals surface area contributed by atoms with E-state index in [0.717, 1.165) is 32.5 Å². The van der Waals surface area contributed by atoms with Gasteiger partial charge in [-0.05, 0) is 0 Å². The van der Waals surface area contributed by atoms with Crippen LogP contribution in [0.15, 0.2) is 0 Å². The summed E-state index contributed by atoms with van der Waals surface area (Å²) in [5, 5.41) is 1.29. The topological polar surface area (TPSA) is 18.5 Å². The van der Waals surface area contributed by atoms with E-state index in [1.165, 1.54) is 24.4 Å². The summed E-state index contributed by atoms with van der Waals surface area (Å²) in [4.78, 5) is 0. The molecule has 86 valence electrons. The fraction of sp³-hybridized carbons (Fsp3) is 1.00. The molecule has 0 fully saturated rings. The number of rotatable bonds is 11. The molecule has 0 aliphatic carbocycles. The van der Waals surface area contributed by atoms with Gasteiger partial charge in [-0.15, -0.1) is 0 Å². The average molecular weight is 208 g/mol. The van der Waals surface area contributed by atoms with Crippen LogP contribution in [0.2, 0.25) is 5.09 Å². The van der Waals surface area contributed by atoms with Crippen LogP contribution in [0.4, 0.5) is 0 Å². The molecule has 0 radical (unpaired) electrons. The second-order valence-electron chi connectivity index (χ2n) is 4.02. The Morgan fingerprint density at radius 1 is 0.933 bits per heavy atom. The van der Waals surface area contributed by atoms with Crippen molar-refractivity contribution in [3.05, 3.63) is 0 Å². The Kier molecular flexibility index (Phi) is 13.0. The van der Waals surface area contributed by atoms with Crippen molar-refractivity contribution in [1.29, 1.82) is 0 Å². The minimum absolute atomic E-state index is 0.0433. The fourth-order valence-corrected chi connectivity index (χ4v) is 1.45. The molecule has 0 amide bonds.